The number of hydrazine groups is 2. The lowest BCUT2D eigenvalue weighted by Gasteiger charge is -2.17. The Balaban J connectivity index is 2.12. The van der Waals surface area contributed by atoms with Crippen molar-refractivity contribution in [2.45, 2.75) is 13.8 Å². The molecule has 1 aromatic heterocycles. The minimum Gasteiger partial charge on any atom is -0.324 e. The van der Waals surface area contributed by atoms with Gasteiger partial charge in [0.05, 0.1) is 5.56 Å². The Labute approximate surface area is 146 Å². The zero-order valence-electron chi connectivity index (χ0n) is 14.2. The van der Waals surface area contributed by atoms with Crippen LogP contribution in [0, 0.1) is 13.8 Å². The molecule has 2 aromatic carbocycles. The summed E-state index contributed by atoms with van der Waals surface area (Å²) in [6.45, 7) is 4.09. The Morgan fingerprint density at radius 3 is 2.04 bits per heavy atom. The number of para-hydroxylation sites is 1. The van der Waals surface area contributed by atoms with E-state index >= 15 is 0 Å². The molecule has 0 unspecified atom stereocenters. The van der Waals surface area contributed by atoms with Gasteiger partial charge in [-0.05, 0) is 42.7 Å². The van der Waals surface area contributed by atoms with E-state index in [1.165, 1.54) is 0 Å². The van der Waals surface area contributed by atoms with Crippen molar-refractivity contribution in [3.8, 4) is 11.1 Å². The molecule has 0 saturated carbocycles. The molecule has 0 aliphatic carbocycles. The van der Waals surface area contributed by atoms with Crippen molar-refractivity contribution in [2.75, 3.05) is 16.2 Å². The summed E-state index contributed by atoms with van der Waals surface area (Å²) in [5.74, 6) is 12.8. The van der Waals surface area contributed by atoms with Gasteiger partial charge in [-0.2, -0.15) is 9.97 Å². The quantitative estimate of drug-likeness (QED) is 0.359. The third-order valence-electron chi connectivity index (χ3n) is 4.09. The van der Waals surface area contributed by atoms with E-state index < -0.39 is 0 Å². The normalized spacial score (nSPS) is 10.4. The number of nitrogens with zero attached hydrogens (tertiary/aromatic N) is 2. The molecule has 0 atom stereocenters. The highest BCUT2D eigenvalue weighted by molar-refractivity contribution is 5.87. The molecule has 0 aliphatic heterocycles. The van der Waals surface area contributed by atoms with Gasteiger partial charge in [0.1, 0.15) is 0 Å². The van der Waals surface area contributed by atoms with E-state index in [-0.39, 0.29) is 0 Å². The maximum Gasteiger partial charge on any atom is 0.231 e. The van der Waals surface area contributed by atoms with Crippen molar-refractivity contribution in [1.82, 2.24) is 9.97 Å². The van der Waals surface area contributed by atoms with E-state index in [4.69, 9.17) is 11.7 Å². The van der Waals surface area contributed by atoms with Gasteiger partial charge >= 0.3 is 0 Å². The van der Waals surface area contributed by atoms with Gasteiger partial charge in [-0.25, -0.2) is 11.7 Å². The number of nitrogen functional groups attached to an aromatic ring is 2. The zero-order valence-corrected chi connectivity index (χ0v) is 14.2. The Morgan fingerprint density at radius 1 is 0.800 bits per heavy atom. The number of aromatic nitrogens is 2. The number of anilines is 4. The van der Waals surface area contributed by atoms with Crippen molar-refractivity contribution >= 4 is 23.3 Å². The Hall–Kier alpha value is -3.16. The average molecular weight is 335 g/mol. The molecule has 7 nitrogen and oxygen atoms in total. The number of hydrogen-bond acceptors (Lipinski definition) is 7. The van der Waals surface area contributed by atoms with Crippen LogP contribution in [0.3, 0.4) is 0 Å². The fraction of sp³-hybridized carbons (Fsp3) is 0.111. The highest BCUT2D eigenvalue weighted by atomic mass is 15.3. The summed E-state index contributed by atoms with van der Waals surface area (Å²) in [5.41, 5.74) is 10.1. The van der Waals surface area contributed by atoms with Crippen LogP contribution in [0.15, 0.2) is 48.5 Å². The molecule has 0 aliphatic rings. The monoisotopic (exact) mass is 335 g/mol. The lowest BCUT2D eigenvalue weighted by molar-refractivity contribution is 1.12. The van der Waals surface area contributed by atoms with E-state index in [0.29, 0.717) is 17.6 Å². The second-order valence-electron chi connectivity index (χ2n) is 5.65. The van der Waals surface area contributed by atoms with Crippen LogP contribution in [-0.4, -0.2) is 9.97 Å². The number of nitrogens with one attached hydrogen (secondary N) is 3. The minimum atomic E-state index is 0.390. The zero-order chi connectivity index (χ0) is 17.8. The van der Waals surface area contributed by atoms with Crippen LogP contribution in [0.25, 0.3) is 11.1 Å². The van der Waals surface area contributed by atoms with E-state index in [1.807, 2.05) is 49.4 Å². The summed E-state index contributed by atoms with van der Waals surface area (Å²) < 4.78 is 0. The van der Waals surface area contributed by atoms with Crippen LogP contribution in [0.5, 0.6) is 0 Å². The predicted octanol–water partition coefficient (Wildman–Crippen LogP) is 3.08. The van der Waals surface area contributed by atoms with Gasteiger partial charge in [-0.1, -0.05) is 36.4 Å². The van der Waals surface area contributed by atoms with Crippen LogP contribution < -0.4 is 27.9 Å². The summed E-state index contributed by atoms with van der Waals surface area (Å²) in [6, 6.07) is 15.7. The SMILES string of the molecule is Cc1cccc(-c2c(NN)nc(Nc3ccccc3)nc2NN)c1C. The second kappa shape index (κ2) is 7.16. The molecular weight excluding hydrogens is 314 g/mol. The lowest BCUT2D eigenvalue weighted by Crippen LogP contribution is -2.17. The van der Waals surface area contributed by atoms with E-state index in [9.17, 15) is 0 Å². The van der Waals surface area contributed by atoms with Crippen LogP contribution >= 0.6 is 0 Å². The highest BCUT2D eigenvalue weighted by Gasteiger charge is 2.17. The molecule has 3 aromatic rings. The topological polar surface area (TPSA) is 114 Å². The average Bonchev–Trinajstić information content (AvgIpc) is 2.64. The van der Waals surface area contributed by atoms with Crippen molar-refractivity contribution in [3.63, 3.8) is 0 Å². The summed E-state index contributed by atoms with van der Waals surface area (Å²) in [6.07, 6.45) is 0. The van der Waals surface area contributed by atoms with Gasteiger partial charge in [0, 0.05) is 5.69 Å². The Kier molecular flexibility index (Phi) is 4.78. The van der Waals surface area contributed by atoms with Gasteiger partial charge in [0.2, 0.25) is 5.95 Å². The van der Waals surface area contributed by atoms with E-state index in [1.54, 1.807) is 0 Å². The molecule has 25 heavy (non-hydrogen) atoms. The summed E-state index contributed by atoms with van der Waals surface area (Å²) >= 11 is 0. The van der Waals surface area contributed by atoms with Crippen LogP contribution in [0.1, 0.15) is 11.1 Å². The van der Waals surface area contributed by atoms with Crippen molar-refractivity contribution in [2.24, 2.45) is 11.7 Å². The highest BCUT2D eigenvalue weighted by Crippen LogP contribution is 2.36. The number of aryl methyl sites for hydroxylation is 1. The fourth-order valence-electron chi connectivity index (χ4n) is 2.65. The van der Waals surface area contributed by atoms with Gasteiger partial charge in [0.25, 0.3) is 0 Å². The molecule has 0 bridgehead atoms. The van der Waals surface area contributed by atoms with E-state index in [2.05, 4.69) is 39.1 Å². The third kappa shape index (κ3) is 3.37. The number of rotatable bonds is 5. The first-order chi connectivity index (χ1) is 12.1. The third-order valence-corrected chi connectivity index (χ3v) is 4.09. The first-order valence-electron chi connectivity index (χ1n) is 7.88. The van der Waals surface area contributed by atoms with Gasteiger partial charge < -0.3 is 16.2 Å². The van der Waals surface area contributed by atoms with Gasteiger partial charge in [0.15, 0.2) is 11.6 Å². The van der Waals surface area contributed by atoms with E-state index in [0.717, 1.165) is 27.9 Å². The number of hydrogen-bond donors (Lipinski definition) is 5. The summed E-state index contributed by atoms with van der Waals surface area (Å²) in [5, 5.41) is 3.14. The summed E-state index contributed by atoms with van der Waals surface area (Å²) in [7, 11) is 0. The molecular formula is C18H21N7. The molecule has 1 heterocycles. The van der Waals surface area contributed by atoms with Gasteiger partial charge in [-0.15, -0.1) is 0 Å². The Morgan fingerprint density at radius 2 is 1.44 bits per heavy atom. The largest absolute Gasteiger partial charge is 0.324 e. The molecule has 3 rings (SSSR count). The van der Waals surface area contributed by atoms with Crippen molar-refractivity contribution in [3.05, 3.63) is 59.7 Å². The molecule has 7 N–H and O–H groups in total. The maximum absolute atomic E-state index is 5.73. The first kappa shape index (κ1) is 16.7. The molecule has 0 spiro atoms. The van der Waals surface area contributed by atoms with Crippen LogP contribution in [0.4, 0.5) is 23.3 Å². The molecule has 0 saturated heterocycles. The molecule has 128 valence electrons. The van der Waals surface area contributed by atoms with Crippen LogP contribution in [-0.2, 0) is 0 Å². The van der Waals surface area contributed by atoms with Crippen molar-refractivity contribution < 1.29 is 0 Å². The van der Waals surface area contributed by atoms with Crippen molar-refractivity contribution in [1.29, 1.82) is 0 Å². The molecule has 0 radical (unpaired) electrons. The molecule has 0 fully saturated rings. The Bertz CT molecular complexity index is 853. The molecule has 7 heteroatoms. The maximum atomic E-state index is 5.73. The smallest absolute Gasteiger partial charge is 0.231 e. The van der Waals surface area contributed by atoms with Gasteiger partial charge in [-0.3, -0.25) is 0 Å². The molecule has 0 amide bonds. The minimum absolute atomic E-state index is 0.390. The second-order valence-corrected chi connectivity index (χ2v) is 5.65. The number of benzene rings is 2. The predicted molar refractivity (Wildman–Crippen MR) is 102 cm³/mol. The standard InChI is InChI=1S/C18H21N7/c1-11-7-6-10-14(12(11)2)15-16(24-19)22-18(23-17(15)25-20)21-13-8-4-3-5-9-13/h3-10H,19-20H2,1-2H3,(H3,21,22,23,24,25). The summed E-state index contributed by atoms with van der Waals surface area (Å²) in [4.78, 5) is 8.98. The first-order valence-corrected chi connectivity index (χ1v) is 7.88. The van der Waals surface area contributed by atoms with Crippen LogP contribution in [0.2, 0.25) is 0 Å². The fourth-order valence-corrected chi connectivity index (χ4v) is 2.65. The lowest BCUT2D eigenvalue weighted by atomic mass is 9.97. The number of nitrogens with two attached hydrogens (primary N) is 2.